The smallest absolute Gasteiger partial charge is 0.136 e. The lowest BCUT2D eigenvalue weighted by Gasteiger charge is -2.13. The average Bonchev–Trinajstić information content (AvgIpc) is 2.74. The fraction of sp³-hybridized carbons (Fsp3) is 0.417. The van der Waals surface area contributed by atoms with Crippen LogP contribution in [0.4, 0.5) is 0 Å². The maximum atomic E-state index is 9.08. The van der Waals surface area contributed by atoms with Crippen molar-refractivity contribution in [2.75, 3.05) is 6.61 Å². The maximum absolute atomic E-state index is 9.08. The third kappa shape index (κ3) is 2.23. The summed E-state index contributed by atoms with van der Waals surface area (Å²) in [5, 5.41) is 12.4. The first kappa shape index (κ1) is 11.1. The Morgan fingerprint density at radius 2 is 2.38 bits per heavy atom. The summed E-state index contributed by atoms with van der Waals surface area (Å²) in [7, 11) is 0. The molecule has 0 aliphatic heterocycles. The highest BCUT2D eigenvalue weighted by atomic mass is 16.3. The lowest BCUT2D eigenvalue weighted by Crippen LogP contribution is -2.31. The first-order valence-corrected chi connectivity index (χ1v) is 5.60. The van der Waals surface area contributed by atoms with Crippen molar-refractivity contribution in [3.63, 3.8) is 0 Å². The number of aliphatic hydroxyl groups excluding tert-OH is 1. The summed E-state index contributed by atoms with van der Waals surface area (Å²) in [6.07, 6.45) is 4.79. The van der Waals surface area contributed by atoms with E-state index in [1.54, 1.807) is 0 Å². The van der Waals surface area contributed by atoms with Crippen LogP contribution >= 0.6 is 0 Å². The molecule has 1 atom stereocenters. The summed E-state index contributed by atoms with van der Waals surface area (Å²) in [6.45, 7) is 2.96. The molecule has 4 nitrogen and oxygen atoms in total. The topological polar surface area (TPSA) is 49.6 Å². The lowest BCUT2D eigenvalue weighted by molar-refractivity contribution is 0.238. The number of hydrogen-bond acceptors (Lipinski definition) is 3. The Morgan fingerprint density at radius 1 is 1.50 bits per heavy atom. The molecule has 2 N–H and O–H groups in total. The van der Waals surface area contributed by atoms with Gasteiger partial charge >= 0.3 is 0 Å². The van der Waals surface area contributed by atoms with Gasteiger partial charge in [0, 0.05) is 18.8 Å². The summed E-state index contributed by atoms with van der Waals surface area (Å²) in [4.78, 5) is 4.31. The largest absolute Gasteiger partial charge is 0.395 e. The quantitative estimate of drug-likeness (QED) is 0.794. The number of hydrogen-bond donors (Lipinski definition) is 2. The van der Waals surface area contributed by atoms with E-state index in [9.17, 15) is 0 Å². The Balaban J connectivity index is 2.09. The first-order valence-electron chi connectivity index (χ1n) is 5.60. The Bertz CT molecular complexity index is 448. The molecule has 2 heterocycles. The van der Waals surface area contributed by atoms with Gasteiger partial charge in [0.15, 0.2) is 0 Å². The van der Waals surface area contributed by atoms with E-state index in [4.69, 9.17) is 5.11 Å². The second-order valence-electron chi connectivity index (χ2n) is 3.85. The molecule has 0 aromatic carbocycles. The van der Waals surface area contributed by atoms with Gasteiger partial charge in [-0.1, -0.05) is 13.0 Å². The molecule has 2 aromatic heterocycles. The standard InChI is InChI=1S/C12H17N3O/c1-2-10(9-16)13-7-11-8-14-12-5-3-4-6-15(11)12/h3-6,8,10,13,16H,2,7,9H2,1H3. The molecule has 0 aliphatic rings. The van der Waals surface area contributed by atoms with Crippen LogP contribution in [0, 0.1) is 0 Å². The van der Waals surface area contributed by atoms with Gasteiger partial charge in [-0.3, -0.25) is 0 Å². The van der Waals surface area contributed by atoms with E-state index in [1.165, 1.54) is 0 Å². The van der Waals surface area contributed by atoms with Crippen LogP contribution in [-0.2, 0) is 6.54 Å². The second-order valence-corrected chi connectivity index (χ2v) is 3.85. The van der Waals surface area contributed by atoms with Crippen LogP contribution in [0.25, 0.3) is 5.65 Å². The summed E-state index contributed by atoms with van der Waals surface area (Å²) < 4.78 is 2.05. The van der Waals surface area contributed by atoms with Gasteiger partial charge in [-0.25, -0.2) is 4.98 Å². The molecule has 0 saturated carbocycles. The highest BCUT2D eigenvalue weighted by Gasteiger charge is 2.06. The number of aromatic nitrogens is 2. The molecule has 4 heteroatoms. The molecule has 0 amide bonds. The molecule has 86 valence electrons. The molecule has 0 fully saturated rings. The van der Waals surface area contributed by atoms with Gasteiger partial charge in [-0.05, 0) is 18.6 Å². The fourth-order valence-corrected chi connectivity index (χ4v) is 1.70. The fourth-order valence-electron chi connectivity index (χ4n) is 1.70. The van der Waals surface area contributed by atoms with Gasteiger partial charge in [-0.2, -0.15) is 0 Å². The molecule has 0 bridgehead atoms. The van der Waals surface area contributed by atoms with Crippen molar-refractivity contribution in [1.82, 2.24) is 14.7 Å². The van der Waals surface area contributed by atoms with E-state index in [0.29, 0.717) is 0 Å². The van der Waals surface area contributed by atoms with E-state index in [0.717, 1.165) is 24.3 Å². The molecule has 16 heavy (non-hydrogen) atoms. The van der Waals surface area contributed by atoms with Gasteiger partial charge < -0.3 is 14.8 Å². The highest BCUT2D eigenvalue weighted by molar-refractivity contribution is 5.39. The molecule has 2 aromatic rings. The van der Waals surface area contributed by atoms with Gasteiger partial charge in [-0.15, -0.1) is 0 Å². The van der Waals surface area contributed by atoms with Gasteiger partial charge in [0.2, 0.25) is 0 Å². The SMILES string of the molecule is CCC(CO)NCc1cnc2ccccn12. The van der Waals surface area contributed by atoms with Crippen LogP contribution in [0.5, 0.6) is 0 Å². The zero-order valence-electron chi connectivity index (χ0n) is 9.43. The van der Waals surface area contributed by atoms with Crippen LogP contribution in [0.3, 0.4) is 0 Å². The van der Waals surface area contributed by atoms with Crippen LogP contribution in [0.15, 0.2) is 30.6 Å². The summed E-state index contributed by atoms with van der Waals surface area (Å²) >= 11 is 0. The average molecular weight is 219 g/mol. The Labute approximate surface area is 94.9 Å². The van der Waals surface area contributed by atoms with E-state index in [-0.39, 0.29) is 12.6 Å². The van der Waals surface area contributed by atoms with Crippen LogP contribution < -0.4 is 5.32 Å². The highest BCUT2D eigenvalue weighted by Crippen LogP contribution is 2.06. The minimum Gasteiger partial charge on any atom is -0.395 e. The minimum absolute atomic E-state index is 0.161. The third-order valence-corrected chi connectivity index (χ3v) is 2.78. The number of pyridine rings is 1. The monoisotopic (exact) mass is 219 g/mol. The third-order valence-electron chi connectivity index (χ3n) is 2.78. The molecular weight excluding hydrogens is 202 g/mol. The normalized spacial score (nSPS) is 13.1. The number of aliphatic hydroxyl groups is 1. The molecule has 0 spiro atoms. The first-order chi connectivity index (χ1) is 7.85. The Morgan fingerprint density at radius 3 is 3.12 bits per heavy atom. The molecule has 1 unspecified atom stereocenters. The molecule has 0 radical (unpaired) electrons. The number of nitrogens with one attached hydrogen (secondary N) is 1. The number of nitrogens with zero attached hydrogens (tertiary/aromatic N) is 2. The predicted octanol–water partition coefficient (Wildman–Crippen LogP) is 1.19. The van der Waals surface area contributed by atoms with Crippen molar-refractivity contribution in [2.24, 2.45) is 0 Å². The van der Waals surface area contributed by atoms with E-state index in [2.05, 4.69) is 21.6 Å². The molecule has 0 aliphatic carbocycles. The number of imidazole rings is 1. The van der Waals surface area contributed by atoms with Crippen molar-refractivity contribution in [3.05, 3.63) is 36.3 Å². The van der Waals surface area contributed by atoms with E-state index < -0.39 is 0 Å². The van der Waals surface area contributed by atoms with E-state index >= 15 is 0 Å². The zero-order chi connectivity index (χ0) is 11.4. The zero-order valence-corrected chi connectivity index (χ0v) is 9.43. The predicted molar refractivity (Wildman–Crippen MR) is 63.2 cm³/mol. The maximum Gasteiger partial charge on any atom is 0.136 e. The van der Waals surface area contributed by atoms with Crippen molar-refractivity contribution in [2.45, 2.75) is 25.9 Å². The van der Waals surface area contributed by atoms with Gasteiger partial charge in [0.25, 0.3) is 0 Å². The summed E-state index contributed by atoms with van der Waals surface area (Å²) in [5.41, 5.74) is 2.07. The van der Waals surface area contributed by atoms with Crippen LogP contribution in [0.2, 0.25) is 0 Å². The molecule has 0 saturated heterocycles. The molecular formula is C12H17N3O. The van der Waals surface area contributed by atoms with Crippen LogP contribution in [0.1, 0.15) is 19.0 Å². The van der Waals surface area contributed by atoms with Crippen molar-refractivity contribution >= 4 is 5.65 Å². The summed E-state index contributed by atoms with van der Waals surface area (Å²) in [6, 6.07) is 6.10. The van der Waals surface area contributed by atoms with Crippen molar-refractivity contribution in [1.29, 1.82) is 0 Å². The lowest BCUT2D eigenvalue weighted by atomic mass is 10.2. The number of fused-ring (bicyclic) bond motifs is 1. The minimum atomic E-state index is 0.161. The second kappa shape index (κ2) is 5.09. The summed E-state index contributed by atoms with van der Waals surface area (Å²) in [5.74, 6) is 0. The van der Waals surface area contributed by atoms with Gasteiger partial charge in [0.1, 0.15) is 5.65 Å². The Hall–Kier alpha value is -1.39. The molecule has 2 rings (SSSR count). The van der Waals surface area contributed by atoms with Crippen molar-refractivity contribution in [3.8, 4) is 0 Å². The van der Waals surface area contributed by atoms with Crippen molar-refractivity contribution < 1.29 is 5.11 Å². The number of rotatable bonds is 5. The van der Waals surface area contributed by atoms with E-state index in [1.807, 2.05) is 30.6 Å². The van der Waals surface area contributed by atoms with Gasteiger partial charge in [0.05, 0.1) is 18.5 Å². The Kier molecular flexibility index (Phi) is 3.54. The van der Waals surface area contributed by atoms with Crippen LogP contribution in [-0.4, -0.2) is 27.1 Å².